The number of benzene rings is 3. The number of rotatable bonds is 8. The maximum Gasteiger partial charge on any atom is 0.163 e. The fourth-order valence-electron chi connectivity index (χ4n) is 2.89. The highest BCUT2D eigenvalue weighted by Gasteiger charge is 2.11. The van der Waals surface area contributed by atoms with Crippen molar-refractivity contribution in [1.82, 2.24) is 5.32 Å². The predicted octanol–water partition coefficient (Wildman–Crippen LogP) is 6.18. The van der Waals surface area contributed by atoms with Gasteiger partial charge in [-0.05, 0) is 41.3 Å². The normalized spacial score (nSPS) is 10.7. The van der Waals surface area contributed by atoms with Crippen molar-refractivity contribution in [2.45, 2.75) is 26.6 Å². The molecule has 0 aliphatic carbocycles. The van der Waals surface area contributed by atoms with E-state index in [1.54, 1.807) is 7.11 Å². The molecule has 0 spiro atoms. The van der Waals surface area contributed by atoms with E-state index in [2.05, 4.69) is 24.4 Å². The first-order chi connectivity index (χ1) is 13.6. The zero-order chi connectivity index (χ0) is 19.9. The minimum atomic E-state index is 0.462. The Morgan fingerprint density at radius 1 is 0.786 bits per heavy atom. The summed E-state index contributed by atoms with van der Waals surface area (Å²) in [7, 11) is 1.63. The van der Waals surface area contributed by atoms with Crippen molar-refractivity contribution in [2.75, 3.05) is 7.11 Å². The quantitative estimate of drug-likeness (QED) is 0.476. The van der Waals surface area contributed by atoms with Gasteiger partial charge in [0.1, 0.15) is 6.61 Å². The van der Waals surface area contributed by atoms with Gasteiger partial charge in [-0.25, -0.2) is 0 Å². The molecule has 1 N–H and O–H groups in total. The average molecular weight is 416 g/mol. The van der Waals surface area contributed by atoms with E-state index < -0.39 is 0 Å². The van der Waals surface area contributed by atoms with E-state index in [9.17, 15) is 0 Å². The molecule has 0 saturated heterocycles. The zero-order valence-electron chi connectivity index (χ0n) is 16.0. The Morgan fingerprint density at radius 3 is 2.18 bits per heavy atom. The van der Waals surface area contributed by atoms with Crippen LogP contribution in [0.25, 0.3) is 0 Å². The molecule has 0 heterocycles. The summed E-state index contributed by atoms with van der Waals surface area (Å²) in [5, 5.41) is 4.75. The first kappa shape index (κ1) is 20.5. The van der Waals surface area contributed by atoms with Crippen molar-refractivity contribution in [3.05, 3.63) is 93.0 Å². The van der Waals surface area contributed by atoms with Crippen LogP contribution < -0.4 is 14.8 Å². The number of hydrogen-bond donors (Lipinski definition) is 1. The van der Waals surface area contributed by atoms with Crippen LogP contribution in [0.3, 0.4) is 0 Å². The number of hydrogen-bond acceptors (Lipinski definition) is 3. The number of ether oxygens (including phenoxy) is 2. The van der Waals surface area contributed by atoms with Crippen molar-refractivity contribution in [3.8, 4) is 11.5 Å². The van der Waals surface area contributed by atoms with Crippen molar-refractivity contribution in [3.63, 3.8) is 0 Å². The van der Waals surface area contributed by atoms with Crippen molar-refractivity contribution >= 4 is 23.2 Å². The molecule has 0 fully saturated rings. The summed E-state index contributed by atoms with van der Waals surface area (Å²) in [6.45, 7) is 3.78. The highest BCUT2D eigenvalue weighted by Crippen LogP contribution is 2.34. The third-order valence-corrected chi connectivity index (χ3v) is 5.29. The van der Waals surface area contributed by atoms with Gasteiger partial charge in [-0.15, -0.1) is 0 Å². The Morgan fingerprint density at radius 2 is 1.46 bits per heavy atom. The second-order valence-corrected chi connectivity index (χ2v) is 7.32. The summed E-state index contributed by atoms with van der Waals surface area (Å²) in [5.74, 6) is 1.29. The number of methoxy groups -OCH3 is 1. The number of nitrogens with one attached hydrogen (secondary N) is 1. The molecule has 0 amide bonds. The van der Waals surface area contributed by atoms with Gasteiger partial charge in [-0.1, -0.05) is 65.7 Å². The third kappa shape index (κ3) is 5.20. The predicted molar refractivity (Wildman–Crippen MR) is 116 cm³/mol. The summed E-state index contributed by atoms with van der Waals surface area (Å²) in [6, 6.07) is 19.6. The van der Waals surface area contributed by atoms with Crippen LogP contribution in [0.1, 0.15) is 22.3 Å². The first-order valence-electron chi connectivity index (χ1n) is 9.06. The fourth-order valence-corrected chi connectivity index (χ4v) is 3.31. The van der Waals surface area contributed by atoms with Gasteiger partial charge in [0.05, 0.1) is 7.11 Å². The Bertz CT molecular complexity index is 944. The average Bonchev–Trinajstić information content (AvgIpc) is 2.70. The molecule has 0 atom stereocenters. The maximum atomic E-state index is 6.48. The largest absolute Gasteiger partial charge is 0.493 e. The van der Waals surface area contributed by atoms with E-state index in [0.717, 1.165) is 21.7 Å². The molecule has 146 valence electrons. The van der Waals surface area contributed by atoms with E-state index >= 15 is 0 Å². The summed E-state index contributed by atoms with van der Waals surface area (Å²) in [4.78, 5) is 0. The van der Waals surface area contributed by atoms with Crippen molar-refractivity contribution in [1.29, 1.82) is 0 Å². The van der Waals surface area contributed by atoms with Crippen LogP contribution in [0.5, 0.6) is 11.5 Å². The van der Waals surface area contributed by atoms with Gasteiger partial charge in [-0.3, -0.25) is 0 Å². The van der Waals surface area contributed by atoms with Gasteiger partial charge in [0, 0.05) is 29.2 Å². The molecular formula is C23H23Cl2NO2. The van der Waals surface area contributed by atoms with E-state index in [-0.39, 0.29) is 0 Å². The maximum absolute atomic E-state index is 6.48. The molecule has 28 heavy (non-hydrogen) atoms. The summed E-state index contributed by atoms with van der Waals surface area (Å²) in [6.07, 6.45) is 0. The lowest BCUT2D eigenvalue weighted by molar-refractivity contribution is 0.283. The van der Waals surface area contributed by atoms with Gasteiger partial charge in [-0.2, -0.15) is 0 Å². The van der Waals surface area contributed by atoms with E-state index in [0.29, 0.717) is 36.2 Å². The molecule has 0 radical (unpaired) electrons. The van der Waals surface area contributed by atoms with Crippen LogP contribution in [0.15, 0.2) is 60.7 Å². The molecular weight excluding hydrogens is 393 g/mol. The molecule has 3 aromatic carbocycles. The number of aryl methyl sites for hydroxylation is 1. The molecule has 0 saturated carbocycles. The molecule has 0 unspecified atom stereocenters. The van der Waals surface area contributed by atoms with Crippen LogP contribution in [0.2, 0.25) is 10.0 Å². The summed E-state index contributed by atoms with van der Waals surface area (Å²) < 4.78 is 11.5. The number of halogens is 2. The minimum absolute atomic E-state index is 0.462. The Balaban J connectivity index is 1.67. The SMILES string of the molecule is COc1cc(CNCc2ccccc2Cl)c(Cl)cc1OCc1ccccc1C. The minimum Gasteiger partial charge on any atom is -0.493 e. The van der Waals surface area contributed by atoms with Crippen LogP contribution in [0.4, 0.5) is 0 Å². The first-order valence-corrected chi connectivity index (χ1v) is 9.82. The monoisotopic (exact) mass is 415 g/mol. The lowest BCUT2D eigenvalue weighted by Gasteiger charge is -2.15. The van der Waals surface area contributed by atoms with Crippen LogP contribution in [-0.2, 0) is 19.7 Å². The third-order valence-electron chi connectivity index (χ3n) is 4.57. The topological polar surface area (TPSA) is 30.5 Å². The molecule has 0 aromatic heterocycles. The lowest BCUT2D eigenvalue weighted by Crippen LogP contribution is -2.13. The molecule has 0 aliphatic heterocycles. The van der Waals surface area contributed by atoms with E-state index in [1.807, 2.05) is 48.5 Å². The van der Waals surface area contributed by atoms with Gasteiger partial charge in [0.25, 0.3) is 0 Å². The van der Waals surface area contributed by atoms with Crippen molar-refractivity contribution < 1.29 is 9.47 Å². The van der Waals surface area contributed by atoms with Crippen LogP contribution in [0, 0.1) is 6.92 Å². The molecule has 3 nitrogen and oxygen atoms in total. The Kier molecular flexibility index (Phi) is 7.21. The summed E-state index contributed by atoms with van der Waals surface area (Å²) in [5.41, 5.74) is 4.30. The molecule has 3 aromatic rings. The van der Waals surface area contributed by atoms with Gasteiger partial charge < -0.3 is 14.8 Å². The van der Waals surface area contributed by atoms with Gasteiger partial charge >= 0.3 is 0 Å². The zero-order valence-corrected chi connectivity index (χ0v) is 17.5. The van der Waals surface area contributed by atoms with Crippen LogP contribution >= 0.6 is 23.2 Å². The van der Waals surface area contributed by atoms with E-state index in [1.165, 1.54) is 5.56 Å². The summed E-state index contributed by atoms with van der Waals surface area (Å²) >= 11 is 12.7. The molecule has 3 rings (SSSR count). The molecule has 0 aliphatic rings. The van der Waals surface area contributed by atoms with Gasteiger partial charge in [0.15, 0.2) is 11.5 Å². The van der Waals surface area contributed by atoms with Crippen molar-refractivity contribution in [2.24, 2.45) is 0 Å². The standard InChI is InChI=1S/C23H23Cl2NO2/c1-16-7-3-4-9-18(16)15-28-23-12-21(25)19(11-22(23)27-2)14-26-13-17-8-5-6-10-20(17)24/h3-12,26H,13-15H2,1-2H3. The Hall–Kier alpha value is -2.20. The second-order valence-electron chi connectivity index (χ2n) is 6.50. The van der Waals surface area contributed by atoms with E-state index in [4.69, 9.17) is 32.7 Å². The van der Waals surface area contributed by atoms with Crippen LogP contribution in [-0.4, -0.2) is 7.11 Å². The second kappa shape index (κ2) is 9.83. The van der Waals surface area contributed by atoms with Gasteiger partial charge in [0.2, 0.25) is 0 Å². The lowest BCUT2D eigenvalue weighted by atomic mass is 10.1. The molecule has 0 bridgehead atoms. The fraction of sp³-hybridized carbons (Fsp3) is 0.217. The highest BCUT2D eigenvalue weighted by atomic mass is 35.5. The Labute approximate surface area is 176 Å². The molecule has 5 heteroatoms. The smallest absolute Gasteiger partial charge is 0.163 e. The highest BCUT2D eigenvalue weighted by molar-refractivity contribution is 6.31.